The molecule has 3 aromatic rings. The summed E-state index contributed by atoms with van der Waals surface area (Å²) in [5.74, 6) is 0.387. The van der Waals surface area contributed by atoms with Crippen molar-refractivity contribution >= 4 is 34.8 Å². The number of carbonyl (C=O) groups is 1. The van der Waals surface area contributed by atoms with Crippen molar-refractivity contribution in [3.8, 4) is 6.07 Å². The largest absolute Gasteiger partial charge is 0.338 e. The molecule has 0 aliphatic heterocycles. The van der Waals surface area contributed by atoms with Crippen LogP contribution in [0.1, 0.15) is 15.9 Å². The molecular formula is C18H12ClN5O. The van der Waals surface area contributed by atoms with Gasteiger partial charge in [-0.15, -0.1) is 10.2 Å². The van der Waals surface area contributed by atoms with Gasteiger partial charge in [-0.25, -0.2) is 0 Å². The van der Waals surface area contributed by atoms with Gasteiger partial charge in [0.2, 0.25) is 0 Å². The number of nitriles is 1. The predicted octanol–water partition coefficient (Wildman–Crippen LogP) is 4.00. The molecule has 122 valence electrons. The van der Waals surface area contributed by atoms with Gasteiger partial charge in [-0.2, -0.15) is 5.26 Å². The molecule has 0 bridgehead atoms. The zero-order valence-corrected chi connectivity index (χ0v) is 13.7. The fraction of sp³-hybridized carbons (Fsp3) is 0. The maximum absolute atomic E-state index is 12.2. The lowest BCUT2D eigenvalue weighted by molar-refractivity contribution is 0.102. The van der Waals surface area contributed by atoms with Gasteiger partial charge in [0, 0.05) is 0 Å². The molecule has 0 atom stereocenters. The van der Waals surface area contributed by atoms with Crippen LogP contribution in [0.3, 0.4) is 0 Å². The minimum atomic E-state index is -0.365. The van der Waals surface area contributed by atoms with Crippen LogP contribution in [0.5, 0.6) is 0 Å². The Morgan fingerprint density at radius 1 is 0.960 bits per heavy atom. The fourth-order valence-electron chi connectivity index (χ4n) is 2.12. The van der Waals surface area contributed by atoms with Crippen LogP contribution in [0.15, 0.2) is 60.7 Å². The number of nitrogens with zero attached hydrogens (tertiary/aromatic N) is 3. The van der Waals surface area contributed by atoms with Crippen molar-refractivity contribution in [3.05, 3.63) is 76.8 Å². The van der Waals surface area contributed by atoms with Crippen LogP contribution in [0.2, 0.25) is 5.02 Å². The number of rotatable bonds is 4. The molecule has 0 saturated heterocycles. The second-order valence-corrected chi connectivity index (χ2v) is 5.43. The number of aromatic nitrogens is 2. The van der Waals surface area contributed by atoms with Gasteiger partial charge < -0.3 is 10.6 Å². The van der Waals surface area contributed by atoms with Crippen LogP contribution in [-0.4, -0.2) is 16.1 Å². The highest BCUT2D eigenvalue weighted by Crippen LogP contribution is 2.20. The van der Waals surface area contributed by atoms with E-state index in [1.165, 1.54) is 0 Å². The minimum absolute atomic E-state index is 0.295. The lowest BCUT2D eigenvalue weighted by Crippen LogP contribution is -2.14. The summed E-state index contributed by atoms with van der Waals surface area (Å²) < 4.78 is 0. The van der Waals surface area contributed by atoms with E-state index < -0.39 is 0 Å². The van der Waals surface area contributed by atoms with Crippen molar-refractivity contribution in [2.45, 2.75) is 0 Å². The smallest absolute Gasteiger partial charge is 0.258 e. The first-order valence-corrected chi connectivity index (χ1v) is 7.71. The number of benzene rings is 2. The van der Waals surface area contributed by atoms with Gasteiger partial charge in [-0.05, 0) is 36.4 Å². The van der Waals surface area contributed by atoms with E-state index in [4.69, 9.17) is 16.9 Å². The molecule has 0 unspecified atom stereocenters. The quantitative estimate of drug-likeness (QED) is 0.743. The molecule has 1 amide bonds. The molecule has 1 aromatic heterocycles. The molecule has 1 heterocycles. The zero-order valence-electron chi connectivity index (χ0n) is 12.9. The number of anilines is 3. The van der Waals surface area contributed by atoms with E-state index >= 15 is 0 Å². The normalized spacial score (nSPS) is 9.92. The number of amides is 1. The summed E-state index contributed by atoms with van der Waals surface area (Å²) >= 11 is 6.00. The molecule has 25 heavy (non-hydrogen) atoms. The fourth-order valence-corrected chi connectivity index (χ4v) is 2.34. The third-order valence-electron chi connectivity index (χ3n) is 3.33. The first kappa shape index (κ1) is 16.4. The highest BCUT2D eigenvalue weighted by Gasteiger charge is 2.11. The monoisotopic (exact) mass is 349 g/mol. The highest BCUT2D eigenvalue weighted by atomic mass is 35.5. The average molecular weight is 350 g/mol. The number of halogens is 1. The SMILES string of the molecule is N#Cc1ccccc1Nc1ccc(NC(=O)c2ccccc2Cl)nn1. The van der Waals surface area contributed by atoms with E-state index in [-0.39, 0.29) is 5.91 Å². The number of hydrogen-bond donors (Lipinski definition) is 2. The van der Waals surface area contributed by atoms with Crippen molar-refractivity contribution in [2.24, 2.45) is 0 Å². The summed E-state index contributed by atoms with van der Waals surface area (Å²) in [6, 6.07) is 19.2. The Labute approximate surface area is 149 Å². The molecule has 3 rings (SSSR count). The van der Waals surface area contributed by atoms with Gasteiger partial charge in [-0.3, -0.25) is 4.79 Å². The third kappa shape index (κ3) is 3.91. The van der Waals surface area contributed by atoms with Crippen LogP contribution < -0.4 is 10.6 Å². The van der Waals surface area contributed by atoms with Crippen LogP contribution >= 0.6 is 11.6 Å². The summed E-state index contributed by atoms with van der Waals surface area (Å²) in [4.78, 5) is 12.2. The van der Waals surface area contributed by atoms with Crippen molar-refractivity contribution < 1.29 is 4.79 Å². The van der Waals surface area contributed by atoms with Crippen LogP contribution in [0.25, 0.3) is 0 Å². The van der Waals surface area contributed by atoms with E-state index in [1.54, 1.807) is 54.6 Å². The highest BCUT2D eigenvalue weighted by molar-refractivity contribution is 6.34. The third-order valence-corrected chi connectivity index (χ3v) is 3.66. The van der Waals surface area contributed by atoms with Gasteiger partial charge in [0.1, 0.15) is 6.07 Å². The first-order valence-electron chi connectivity index (χ1n) is 7.33. The molecule has 0 saturated carbocycles. The lowest BCUT2D eigenvalue weighted by atomic mass is 10.2. The summed E-state index contributed by atoms with van der Waals surface area (Å²) in [5, 5.41) is 23.1. The molecular weight excluding hydrogens is 338 g/mol. The molecule has 6 nitrogen and oxygen atoms in total. The second kappa shape index (κ2) is 7.43. The predicted molar refractivity (Wildman–Crippen MR) is 95.9 cm³/mol. The van der Waals surface area contributed by atoms with Crippen molar-refractivity contribution in [3.63, 3.8) is 0 Å². The van der Waals surface area contributed by atoms with Crippen LogP contribution in [0.4, 0.5) is 17.3 Å². The Morgan fingerprint density at radius 2 is 1.64 bits per heavy atom. The topological polar surface area (TPSA) is 90.7 Å². The van der Waals surface area contributed by atoms with Gasteiger partial charge in [0.15, 0.2) is 11.6 Å². The van der Waals surface area contributed by atoms with E-state index in [0.29, 0.717) is 33.5 Å². The minimum Gasteiger partial charge on any atom is -0.338 e. The standard InChI is InChI=1S/C18H12ClN5O/c19-14-7-3-2-6-13(14)18(25)22-17-10-9-16(23-24-17)21-15-8-4-1-5-12(15)11-20/h1-10H,(H,21,23)(H,22,24,25). The molecule has 0 aliphatic carbocycles. The van der Waals surface area contributed by atoms with E-state index in [9.17, 15) is 4.79 Å². The van der Waals surface area contributed by atoms with Gasteiger partial charge in [0.25, 0.3) is 5.91 Å². The van der Waals surface area contributed by atoms with Crippen LogP contribution in [-0.2, 0) is 0 Å². The molecule has 0 spiro atoms. The molecule has 0 aliphatic rings. The zero-order chi connectivity index (χ0) is 17.6. The maximum atomic E-state index is 12.2. The number of carbonyl (C=O) groups excluding carboxylic acids is 1. The summed E-state index contributed by atoms with van der Waals surface area (Å²) in [7, 11) is 0. The Balaban J connectivity index is 1.72. The molecule has 7 heteroatoms. The van der Waals surface area contributed by atoms with Gasteiger partial charge in [-0.1, -0.05) is 35.9 Å². The summed E-state index contributed by atoms with van der Waals surface area (Å²) in [5.41, 5.74) is 1.49. The number of nitrogens with one attached hydrogen (secondary N) is 2. The Bertz CT molecular complexity index is 950. The average Bonchev–Trinajstić information content (AvgIpc) is 2.64. The van der Waals surface area contributed by atoms with Gasteiger partial charge in [0.05, 0.1) is 21.8 Å². The Kier molecular flexibility index (Phi) is 4.88. The summed E-state index contributed by atoms with van der Waals surface area (Å²) in [6.07, 6.45) is 0. The van der Waals surface area contributed by atoms with E-state index in [1.807, 2.05) is 6.07 Å². The maximum Gasteiger partial charge on any atom is 0.258 e. The van der Waals surface area contributed by atoms with Crippen molar-refractivity contribution in [1.29, 1.82) is 5.26 Å². The molecule has 0 fully saturated rings. The second-order valence-electron chi connectivity index (χ2n) is 5.02. The Hall–Kier alpha value is -3.43. The van der Waals surface area contributed by atoms with Crippen molar-refractivity contribution in [2.75, 3.05) is 10.6 Å². The van der Waals surface area contributed by atoms with Gasteiger partial charge >= 0.3 is 0 Å². The van der Waals surface area contributed by atoms with Crippen molar-refractivity contribution in [1.82, 2.24) is 10.2 Å². The number of hydrogen-bond acceptors (Lipinski definition) is 5. The molecule has 0 radical (unpaired) electrons. The molecule has 2 N–H and O–H groups in total. The molecule has 2 aromatic carbocycles. The lowest BCUT2D eigenvalue weighted by Gasteiger charge is -2.08. The van der Waals surface area contributed by atoms with Crippen LogP contribution in [0, 0.1) is 11.3 Å². The Morgan fingerprint density at radius 3 is 2.36 bits per heavy atom. The van der Waals surface area contributed by atoms with E-state index in [2.05, 4.69) is 26.9 Å². The van der Waals surface area contributed by atoms with E-state index in [0.717, 1.165) is 0 Å². The summed E-state index contributed by atoms with van der Waals surface area (Å²) in [6.45, 7) is 0. The first-order chi connectivity index (χ1) is 12.2. The number of para-hydroxylation sites is 1.